The van der Waals surface area contributed by atoms with Gasteiger partial charge in [0.05, 0.1) is 6.61 Å². The lowest BCUT2D eigenvalue weighted by Gasteiger charge is -2.35. The predicted molar refractivity (Wildman–Crippen MR) is 83.6 cm³/mol. The van der Waals surface area contributed by atoms with E-state index < -0.39 is 17.9 Å². The molecule has 2 atom stereocenters. The van der Waals surface area contributed by atoms with Crippen LogP contribution in [0.1, 0.15) is 25.0 Å². The van der Waals surface area contributed by atoms with Crippen molar-refractivity contribution in [2.45, 2.75) is 32.2 Å². The maximum atomic E-state index is 10.9. The van der Waals surface area contributed by atoms with Gasteiger partial charge in [0.25, 0.3) is 0 Å². The van der Waals surface area contributed by atoms with Gasteiger partial charge in [0.1, 0.15) is 11.7 Å². The molecule has 0 bridgehead atoms. The Bertz CT molecular complexity index is 597. The van der Waals surface area contributed by atoms with Gasteiger partial charge in [-0.2, -0.15) is 0 Å². The number of carbonyl (C=O) groups is 1. The summed E-state index contributed by atoms with van der Waals surface area (Å²) in [6, 6.07) is 19.3. The first-order chi connectivity index (χ1) is 10.5. The molecule has 0 aliphatic heterocycles. The Morgan fingerprint density at radius 3 is 2.18 bits per heavy atom. The van der Waals surface area contributed by atoms with Gasteiger partial charge in [-0.1, -0.05) is 60.7 Å². The maximum absolute atomic E-state index is 10.9. The third kappa shape index (κ3) is 3.86. The summed E-state index contributed by atoms with van der Waals surface area (Å²) >= 11 is 0. The van der Waals surface area contributed by atoms with Crippen LogP contribution in [0.2, 0.25) is 0 Å². The lowest BCUT2D eigenvalue weighted by atomic mass is 9.90. The van der Waals surface area contributed by atoms with Gasteiger partial charge in [-0.15, -0.1) is 0 Å². The summed E-state index contributed by atoms with van der Waals surface area (Å²) < 4.78 is 11.0. The van der Waals surface area contributed by atoms with Crippen LogP contribution in [-0.2, 0) is 21.7 Å². The molecule has 2 rings (SSSR count). The molecule has 0 aromatic heterocycles. The molecule has 0 spiro atoms. The standard InChI is InChI=1S/C18H20O4/c1-14(22-17(19)20)18(2,16-11-7-4-8-12-16)21-13-15-9-5-3-6-10-15/h3-12,14H,13H2,1-2H3,(H,19,20). The summed E-state index contributed by atoms with van der Waals surface area (Å²) in [6.07, 6.45) is -1.95. The zero-order chi connectivity index (χ0) is 16.0. The Morgan fingerprint density at radius 1 is 1.09 bits per heavy atom. The lowest BCUT2D eigenvalue weighted by molar-refractivity contribution is -0.128. The molecule has 2 aromatic carbocycles. The van der Waals surface area contributed by atoms with Crippen molar-refractivity contribution in [2.75, 3.05) is 0 Å². The molecule has 4 nitrogen and oxygen atoms in total. The molecule has 2 aromatic rings. The van der Waals surface area contributed by atoms with E-state index >= 15 is 0 Å². The van der Waals surface area contributed by atoms with E-state index in [4.69, 9.17) is 14.6 Å². The van der Waals surface area contributed by atoms with Crippen LogP contribution < -0.4 is 0 Å². The Hall–Kier alpha value is -2.33. The molecule has 0 aliphatic rings. The van der Waals surface area contributed by atoms with Crippen molar-refractivity contribution in [1.82, 2.24) is 0 Å². The normalized spacial score (nSPS) is 14.8. The van der Waals surface area contributed by atoms with Crippen LogP contribution >= 0.6 is 0 Å². The fraction of sp³-hybridized carbons (Fsp3) is 0.278. The van der Waals surface area contributed by atoms with E-state index in [1.165, 1.54) is 0 Å². The maximum Gasteiger partial charge on any atom is 0.506 e. The average molecular weight is 300 g/mol. The summed E-state index contributed by atoms with van der Waals surface area (Å²) in [5, 5.41) is 8.90. The Balaban J connectivity index is 2.23. The molecular weight excluding hydrogens is 280 g/mol. The van der Waals surface area contributed by atoms with Gasteiger partial charge in [-0.3, -0.25) is 0 Å². The van der Waals surface area contributed by atoms with E-state index in [0.717, 1.165) is 11.1 Å². The molecule has 0 saturated carbocycles. The topological polar surface area (TPSA) is 55.8 Å². The van der Waals surface area contributed by atoms with Gasteiger partial charge in [0.2, 0.25) is 0 Å². The van der Waals surface area contributed by atoms with Crippen LogP contribution in [0.15, 0.2) is 60.7 Å². The van der Waals surface area contributed by atoms with Gasteiger partial charge in [0, 0.05) is 0 Å². The average Bonchev–Trinajstić information content (AvgIpc) is 2.53. The van der Waals surface area contributed by atoms with Crippen molar-refractivity contribution in [3.05, 3.63) is 71.8 Å². The summed E-state index contributed by atoms with van der Waals surface area (Å²) in [4.78, 5) is 10.9. The quantitative estimate of drug-likeness (QED) is 0.812. The molecule has 4 heteroatoms. The predicted octanol–water partition coefficient (Wildman–Crippen LogP) is 4.20. The monoisotopic (exact) mass is 300 g/mol. The fourth-order valence-electron chi connectivity index (χ4n) is 2.28. The molecule has 0 aliphatic carbocycles. The highest BCUT2D eigenvalue weighted by atomic mass is 16.7. The lowest BCUT2D eigenvalue weighted by Crippen LogP contribution is -2.40. The summed E-state index contributed by atoms with van der Waals surface area (Å²) in [5.74, 6) is 0. The van der Waals surface area contributed by atoms with Gasteiger partial charge in [-0.25, -0.2) is 4.79 Å². The SMILES string of the molecule is CC(OC(=O)O)C(C)(OCc1ccccc1)c1ccccc1. The minimum absolute atomic E-state index is 0.375. The Kier molecular flexibility index (Phi) is 5.17. The van der Waals surface area contributed by atoms with E-state index in [1.54, 1.807) is 6.92 Å². The molecule has 0 heterocycles. The van der Waals surface area contributed by atoms with Crippen LogP contribution in [0, 0.1) is 0 Å². The van der Waals surface area contributed by atoms with Crippen LogP contribution in [0.3, 0.4) is 0 Å². The molecule has 116 valence electrons. The summed E-state index contributed by atoms with van der Waals surface area (Å²) in [5.41, 5.74) is 1.03. The second-order valence-electron chi connectivity index (χ2n) is 5.27. The molecule has 0 radical (unpaired) electrons. The van der Waals surface area contributed by atoms with E-state index in [0.29, 0.717) is 6.61 Å². The minimum Gasteiger partial charge on any atom is -0.450 e. The number of benzene rings is 2. The largest absolute Gasteiger partial charge is 0.506 e. The third-order valence-corrected chi connectivity index (χ3v) is 3.78. The highest BCUT2D eigenvalue weighted by molar-refractivity contribution is 5.57. The highest BCUT2D eigenvalue weighted by Gasteiger charge is 2.37. The molecular formula is C18H20O4. The van der Waals surface area contributed by atoms with Gasteiger partial charge in [0.15, 0.2) is 0 Å². The number of rotatable bonds is 6. The number of hydrogen-bond donors (Lipinski definition) is 1. The van der Waals surface area contributed by atoms with E-state index in [2.05, 4.69) is 0 Å². The van der Waals surface area contributed by atoms with Gasteiger partial charge in [-0.05, 0) is 25.0 Å². The zero-order valence-electron chi connectivity index (χ0n) is 12.7. The van der Waals surface area contributed by atoms with E-state index in [-0.39, 0.29) is 0 Å². The molecule has 0 fully saturated rings. The Labute approximate surface area is 130 Å². The Morgan fingerprint density at radius 2 is 1.64 bits per heavy atom. The van der Waals surface area contributed by atoms with E-state index in [9.17, 15) is 4.79 Å². The number of ether oxygens (including phenoxy) is 2. The second-order valence-corrected chi connectivity index (χ2v) is 5.27. The van der Waals surface area contributed by atoms with Crippen LogP contribution in [0.5, 0.6) is 0 Å². The van der Waals surface area contributed by atoms with Crippen molar-refractivity contribution in [3.63, 3.8) is 0 Å². The first-order valence-electron chi connectivity index (χ1n) is 7.15. The van der Waals surface area contributed by atoms with Crippen LogP contribution in [-0.4, -0.2) is 17.4 Å². The number of carboxylic acid groups (broad SMARTS) is 1. The van der Waals surface area contributed by atoms with Crippen molar-refractivity contribution < 1.29 is 19.4 Å². The van der Waals surface area contributed by atoms with Crippen molar-refractivity contribution >= 4 is 6.16 Å². The zero-order valence-corrected chi connectivity index (χ0v) is 12.7. The van der Waals surface area contributed by atoms with Crippen molar-refractivity contribution in [1.29, 1.82) is 0 Å². The van der Waals surface area contributed by atoms with Gasteiger partial charge < -0.3 is 14.6 Å². The van der Waals surface area contributed by atoms with Gasteiger partial charge >= 0.3 is 6.16 Å². The molecule has 0 saturated heterocycles. The first-order valence-corrected chi connectivity index (χ1v) is 7.15. The molecule has 1 N–H and O–H groups in total. The molecule has 2 unspecified atom stereocenters. The summed E-state index contributed by atoms with van der Waals surface area (Å²) in [7, 11) is 0. The number of hydrogen-bond acceptors (Lipinski definition) is 3. The molecule has 0 amide bonds. The third-order valence-electron chi connectivity index (χ3n) is 3.78. The van der Waals surface area contributed by atoms with Crippen LogP contribution in [0.25, 0.3) is 0 Å². The smallest absolute Gasteiger partial charge is 0.450 e. The highest BCUT2D eigenvalue weighted by Crippen LogP contribution is 2.32. The van der Waals surface area contributed by atoms with Crippen molar-refractivity contribution in [3.8, 4) is 0 Å². The second kappa shape index (κ2) is 7.09. The molecule has 22 heavy (non-hydrogen) atoms. The van der Waals surface area contributed by atoms with Crippen LogP contribution in [0.4, 0.5) is 4.79 Å². The fourth-order valence-corrected chi connectivity index (χ4v) is 2.28. The summed E-state index contributed by atoms with van der Waals surface area (Å²) in [6.45, 7) is 3.92. The van der Waals surface area contributed by atoms with Crippen molar-refractivity contribution in [2.24, 2.45) is 0 Å². The van der Waals surface area contributed by atoms with E-state index in [1.807, 2.05) is 67.6 Å². The minimum atomic E-state index is -1.31. The first kappa shape index (κ1) is 16.0.